The molecule has 0 aliphatic carbocycles. The molecule has 0 aromatic heterocycles. The lowest BCUT2D eigenvalue weighted by molar-refractivity contribution is -0.236. The van der Waals surface area contributed by atoms with Crippen LogP contribution in [0.1, 0.15) is 19.3 Å². The summed E-state index contributed by atoms with van der Waals surface area (Å²) in [7, 11) is 1.33. The molecule has 1 aliphatic rings. The number of nitrogens with one attached hydrogen (secondary N) is 1. The van der Waals surface area contributed by atoms with E-state index < -0.39 is 37.3 Å². The van der Waals surface area contributed by atoms with Crippen LogP contribution in [0.25, 0.3) is 0 Å². The van der Waals surface area contributed by atoms with Gasteiger partial charge in [0.15, 0.2) is 0 Å². The number of ether oxygens (including phenoxy) is 2. The van der Waals surface area contributed by atoms with Gasteiger partial charge in [0.05, 0.1) is 13.7 Å². The van der Waals surface area contributed by atoms with Gasteiger partial charge < -0.3 is 29.9 Å². The Hall–Kier alpha value is -0.770. The number of esters is 1. The highest BCUT2D eigenvalue weighted by atomic mass is 16.6. The van der Waals surface area contributed by atoms with Crippen LogP contribution in [0.2, 0.25) is 0 Å². The monoisotopic (exact) mass is 293 g/mol. The number of aliphatic hydroxyl groups excluding tert-OH is 4. The Morgan fingerprint density at radius 2 is 1.90 bits per heavy atom. The summed E-state index contributed by atoms with van der Waals surface area (Å²) in [6, 6.07) is 0. The molecular weight excluding hydrogens is 270 g/mol. The first-order valence-electron chi connectivity index (χ1n) is 6.62. The Bertz CT molecular complexity index is 300. The van der Waals surface area contributed by atoms with Crippen molar-refractivity contribution in [2.24, 2.45) is 0 Å². The van der Waals surface area contributed by atoms with Crippen molar-refractivity contribution in [3.05, 3.63) is 0 Å². The highest BCUT2D eigenvalue weighted by Gasteiger charge is 2.42. The van der Waals surface area contributed by atoms with E-state index in [1.165, 1.54) is 7.11 Å². The fraction of sp³-hybridized carbons (Fsp3) is 0.917. The minimum atomic E-state index is -1.38. The largest absolute Gasteiger partial charge is 0.469 e. The molecule has 0 amide bonds. The summed E-state index contributed by atoms with van der Waals surface area (Å²) in [5.74, 6) is -0.280. The van der Waals surface area contributed by atoms with Crippen LogP contribution in [-0.4, -0.2) is 77.3 Å². The number of rotatable bonds is 7. The van der Waals surface area contributed by atoms with E-state index in [1.807, 2.05) is 0 Å². The van der Waals surface area contributed by atoms with Gasteiger partial charge in [0.25, 0.3) is 0 Å². The van der Waals surface area contributed by atoms with Gasteiger partial charge in [-0.15, -0.1) is 0 Å². The number of carbonyl (C=O) groups is 1. The molecule has 5 unspecified atom stereocenters. The van der Waals surface area contributed by atoms with Gasteiger partial charge in [-0.2, -0.15) is 0 Å². The van der Waals surface area contributed by atoms with Crippen LogP contribution < -0.4 is 5.32 Å². The normalized spacial score (nSPS) is 34.0. The third-order valence-electron chi connectivity index (χ3n) is 3.27. The Morgan fingerprint density at radius 1 is 1.20 bits per heavy atom. The van der Waals surface area contributed by atoms with E-state index in [1.54, 1.807) is 0 Å². The molecule has 20 heavy (non-hydrogen) atoms. The number of hydrogen-bond donors (Lipinski definition) is 5. The molecule has 1 saturated heterocycles. The molecule has 0 spiro atoms. The molecule has 0 aromatic carbocycles. The first-order valence-corrected chi connectivity index (χ1v) is 6.62. The van der Waals surface area contributed by atoms with Crippen LogP contribution in [0.15, 0.2) is 0 Å². The lowest BCUT2D eigenvalue weighted by Gasteiger charge is -2.40. The molecule has 118 valence electrons. The van der Waals surface area contributed by atoms with E-state index in [4.69, 9.17) is 9.84 Å². The Kier molecular flexibility index (Phi) is 7.35. The first-order chi connectivity index (χ1) is 9.51. The molecule has 0 aromatic rings. The molecule has 8 heteroatoms. The maximum Gasteiger partial charge on any atom is 0.305 e. The van der Waals surface area contributed by atoms with E-state index in [0.29, 0.717) is 25.8 Å². The van der Waals surface area contributed by atoms with Crippen molar-refractivity contribution in [3.63, 3.8) is 0 Å². The zero-order valence-corrected chi connectivity index (χ0v) is 11.4. The van der Waals surface area contributed by atoms with Gasteiger partial charge in [0.2, 0.25) is 0 Å². The van der Waals surface area contributed by atoms with Crippen LogP contribution in [0.4, 0.5) is 0 Å². The molecule has 1 fully saturated rings. The summed E-state index contributed by atoms with van der Waals surface area (Å²) in [6.45, 7) is 0.00511. The third kappa shape index (κ3) is 4.65. The number of hydrogen-bond acceptors (Lipinski definition) is 8. The van der Waals surface area contributed by atoms with Crippen LogP contribution >= 0.6 is 0 Å². The Balaban J connectivity index is 2.30. The number of carbonyl (C=O) groups excluding carboxylic acids is 1. The van der Waals surface area contributed by atoms with Gasteiger partial charge in [-0.05, 0) is 19.4 Å². The summed E-state index contributed by atoms with van der Waals surface area (Å²) >= 11 is 0. The van der Waals surface area contributed by atoms with Gasteiger partial charge in [-0.3, -0.25) is 10.1 Å². The highest BCUT2D eigenvalue weighted by Crippen LogP contribution is 2.19. The predicted octanol–water partition coefficient (Wildman–Crippen LogP) is -2.28. The van der Waals surface area contributed by atoms with Crippen molar-refractivity contribution in [2.75, 3.05) is 20.3 Å². The maximum atomic E-state index is 10.9. The molecule has 1 aliphatic heterocycles. The van der Waals surface area contributed by atoms with Crippen LogP contribution in [-0.2, 0) is 14.3 Å². The number of aliphatic hydroxyl groups is 4. The lowest BCUT2D eigenvalue weighted by atomic mass is 9.98. The quantitative estimate of drug-likeness (QED) is 0.262. The van der Waals surface area contributed by atoms with Crippen molar-refractivity contribution in [3.8, 4) is 0 Å². The average Bonchev–Trinajstić information content (AvgIpc) is 2.46. The molecule has 5 atom stereocenters. The van der Waals surface area contributed by atoms with E-state index >= 15 is 0 Å². The molecule has 0 bridgehead atoms. The van der Waals surface area contributed by atoms with Crippen molar-refractivity contribution < 1.29 is 34.7 Å². The minimum Gasteiger partial charge on any atom is -0.469 e. The second-order valence-electron chi connectivity index (χ2n) is 4.74. The fourth-order valence-electron chi connectivity index (χ4n) is 2.01. The summed E-state index contributed by atoms with van der Waals surface area (Å²) in [5, 5.41) is 40.8. The van der Waals surface area contributed by atoms with E-state index in [-0.39, 0.29) is 5.97 Å². The van der Waals surface area contributed by atoms with Crippen LogP contribution in [0.3, 0.4) is 0 Å². The summed E-state index contributed by atoms with van der Waals surface area (Å²) in [5.41, 5.74) is 0. The van der Waals surface area contributed by atoms with Crippen molar-refractivity contribution in [1.82, 2.24) is 5.32 Å². The van der Waals surface area contributed by atoms with Gasteiger partial charge >= 0.3 is 5.97 Å². The summed E-state index contributed by atoms with van der Waals surface area (Å²) < 4.78 is 9.77. The number of unbranched alkanes of at least 4 members (excludes halogenated alkanes) is 1. The molecule has 1 heterocycles. The molecule has 0 radical (unpaired) electrons. The third-order valence-corrected chi connectivity index (χ3v) is 3.27. The molecule has 1 rings (SSSR count). The van der Waals surface area contributed by atoms with Crippen molar-refractivity contribution >= 4 is 5.97 Å². The van der Waals surface area contributed by atoms with E-state index in [0.717, 1.165) is 0 Å². The second-order valence-corrected chi connectivity index (χ2v) is 4.74. The van der Waals surface area contributed by atoms with Crippen molar-refractivity contribution in [1.29, 1.82) is 0 Å². The van der Waals surface area contributed by atoms with Gasteiger partial charge in [-0.1, -0.05) is 0 Å². The van der Waals surface area contributed by atoms with Crippen molar-refractivity contribution in [2.45, 2.75) is 49.9 Å². The Morgan fingerprint density at radius 3 is 2.50 bits per heavy atom. The molecule has 5 N–H and O–H groups in total. The molecular formula is C12H23NO7. The molecule has 0 saturated carbocycles. The second kappa shape index (κ2) is 8.50. The Labute approximate surface area is 117 Å². The standard InChI is InChI=1S/C12H23NO7/c1-19-8(15)4-2-3-5-13-12-11(18)10(17)9(16)7(6-14)20-12/h7,9-14,16-18H,2-6H2,1H3. The maximum absolute atomic E-state index is 10.9. The molecule has 8 nitrogen and oxygen atoms in total. The average molecular weight is 293 g/mol. The predicted molar refractivity (Wildman–Crippen MR) is 67.6 cm³/mol. The van der Waals surface area contributed by atoms with Gasteiger partial charge in [-0.25, -0.2) is 0 Å². The fourth-order valence-corrected chi connectivity index (χ4v) is 2.01. The SMILES string of the molecule is COC(=O)CCCCNC1OC(CO)C(O)C(O)C1O. The minimum absolute atomic E-state index is 0.280. The lowest BCUT2D eigenvalue weighted by Crippen LogP contribution is -2.62. The van der Waals surface area contributed by atoms with Gasteiger partial charge in [0, 0.05) is 6.42 Å². The zero-order chi connectivity index (χ0) is 15.1. The summed E-state index contributed by atoms with van der Waals surface area (Å²) in [4.78, 5) is 10.9. The highest BCUT2D eigenvalue weighted by molar-refractivity contribution is 5.68. The topological polar surface area (TPSA) is 128 Å². The number of methoxy groups -OCH3 is 1. The summed E-state index contributed by atoms with van der Waals surface area (Å²) in [6.07, 6.45) is -4.22. The van der Waals surface area contributed by atoms with Crippen LogP contribution in [0.5, 0.6) is 0 Å². The van der Waals surface area contributed by atoms with E-state index in [2.05, 4.69) is 10.1 Å². The smallest absolute Gasteiger partial charge is 0.305 e. The van der Waals surface area contributed by atoms with Gasteiger partial charge in [0.1, 0.15) is 30.6 Å². The van der Waals surface area contributed by atoms with E-state index in [9.17, 15) is 20.1 Å². The zero-order valence-electron chi connectivity index (χ0n) is 11.4. The first kappa shape index (κ1) is 17.3. The van der Waals surface area contributed by atoms with Crippen LogP contribution in [0, 0.1) is 0 Å².